The molecule has 2 saturated heterocycles. The van der Waals surface area contributed by atoms with Crippen molar-refractivity contribution >= 4 is 46.7 Å². The third-order valence-electron chi connectivity index (χ3n) is 7.57. The SMILES string of the molecule is CON[C@@H](C)C(=O)N[C@@H](C)C(=O)N1CCC[C@H]1C(=O)N1C(=O)CCC(=O)[C@@]1(C(=O)Nc1ccc([N+](=O)[O-])cc1)C(C)C. The van der Waals surface area contributed by atoms with Crippen molar-refractivity contribution in [3.8, 4) is 0 Å². The van der Waals surface area contributed by atoms with Crippen molar-refractivity contribution in [2.24, 2.45) is 5.92 Å². The molecule has 1 aromatic carbocycles. The van der Waals surface area contributed by atoms with Crippen LogP contribution >= 0.6 is 0 Å². The van der Waals surface area contributed by atoms with Crippen LogP contribution in [0.2, 0.25) is 0 Å². The molecule has 0 aromatic heterocycles. The number of amides is 5. The van der Waals surface area contributed by atoms with Crippen LogP contribution in [0.4, 0.5) is 11.4 Å². The summed E-state index contributed by atoms with van der Waals surface area (Å²) in [5, 5.41) is 16.1. The number of benzene rings is 1. The van der Waals surface area contributed by atoms with Gasteiger partial charge in [0.05, 0.1) is 12.0 Å². The lowest BCUT2D eigenvalue weighted by Gasteiger charge is -2.46. The number of non-ortho nitro benzene ring substituents is 1. The van der Waals surface area contributed by atoms with Crippen LogP contribution in [0.1, 0.15) is 53.4 Å². The molecule has 15 heteroatoms. The van der Waals surface area contributed by atoms with Gasteiger partial charge in [-0.25, -0.2) is 0 Å². The number of nitrogens with one attached hydrogen (secondary N) is 3. The number of hydrogen-bond acceptors (Lipinski definition) is 10. The Bertz CT molecular complexity index is 1270. The fraction of sp³-hybridized carbons (Fsp3) is 0.556. The summed E-state index contributed by atoms with van der Waals surface area (Å²) in [6, 6.07) is 1.96. The average Bonchev–Trinajstić information content (AvgIpc) is 3.43. The fourth-order valence-corrected chi connectivity index (χ4v) is 5.42. The summed E-state index contributed by atoms with van der Waals surface area (Å²) in [5.41, 5.74) is 0.156. The molecule has 2 fully saturated rings. The van der Waals surface area contributed by atoms with E-state index in [0.29, 0.717) is 11.3 Å². The van der Waals surface area contributed by atoms with Crippen molar-refractivity contribution in [1.29, 1.82) is 0 Å². The highest BCUT2D eigenvalue weighted by Crippen LogP contribution is 2.37. The summed E-state index contributed by atoms with van der Waals surface area (Å²) in [6.07, 6.45) is 0.0486. The van der Waals surface area contributed by atoms with E-state index in [0.717, 1.165) is 0 Å². The minimum atomic E-state index is -2.22. The monoisotopic (exact) mass is 588 g/mol. The summed E-state index contributed by atoms with van der Waals surface area (Å²) in [5.74, 6) is -5.10. The predicted octanol–water partition coefficient (Wildman–Crippen LogP) is 0.681. The van der Waals surface area contributed by atoms with Crippen LogP contribution in [0.3, 0.4) is 0 Å². The van der Waals surface area contributed by atoms with Crippen molar-refractivity contribution in [2.75, 3.05) is 19.0 Å². The molecule has 4 atom stereocenters. The molecule has 42 heavy (non-hydrogen) atoms. The molecule has 3 N–H and O–H groups in total. The number of imide groups is 1. The van der Waals surface area contributed by atoms with Gasteiger partial charge >= 0.3 is 0 Å². The molecule has 0 bridgehead atoms. The maximum absolute atomic E-state index is 14.1. The third kappa shape index (κ3) is 6.16. The van der Waals surface area contributed by atoms with Crippen LogP contribution in [0.25, 0.3) is 0 Å². The summed E-state index contributed by atoms with van der Waals surface area (Å²) in [7, 11) is 1.34. The van der Waals surface area contributed by atoms with Crippen LogP contribution < -0.4 is 16.1 Å². The van der Waals surface area contributed by atoms with Gasteiger partial charge in [-0.1, -0.05) is 13.8 Å². The number of hydroxylamine groups is 1. The number of likely N-dealkylation sites (tertiary alicyclic amines) is 2. The van der Waals surface area contributed by atoms with Crippen LogP contribution in [-0.4, -0.2) is 87.4 Å². The van der Waals surface area contributed by atoms with E-state index in [2.05, 4.69) is 16.1 Å². The fourth-order valence-electron chi connectivity index (χ4n) is 5.42. The first-order chi connectivity index (χ1) is 19.8. The van der Waals surface area contributed by atoms with Gasteiger partial charge in [0.2, 0.25) is 17.7 Å². The van der Waals surface area contributed by atoms with Crippen molar-refractivity contribution in [3.05, 3.63) is 34.4 Å². The van der Waals surface area contributed by atoms with Gasteiger partial charge in [0, 0.05) is 37.2 Å². The van der Waals surface area contributed by atoms with Crippen LogP contribution in [0.15, 0.2) is 24.3 Å². The highest BCUT2D eigenvalue weighted by molar-refractivity contribution is 6.23. The van der Waals surface area contributed by atoms with Crippen molar-refractivity contribution < 1.29 is 38.5 Å². The van der Waals surface area contributed by atoms with E-state index in [1.807, 2.05) is 0 Å². The Morgan fingerprint density at radius 1 is 1.05 bits per heavy atom. The van der Waals surface area contributed by atoms with Crippen LogP contribution in [0.5, 0.6) is 0 Å². The summed E-state index contributed by atoms with van der Waals surface area (Å²) in [4.78, 5) is 97.6. The Balaban J connectivity index is 1.92. The van der Waals surface area contributed by atoms with Gasteiger partial charge in [-0.15, -0.1) is 0 Å². The number of nitrogens with zero attached hydrogens (tertiary/aromatic N) is 3. The van der Waals surface area contributed by atoms with Gasteiger partial charge in [0.25, 0.3) is 17.5 Å². The zero-order valence-electron chi connectivity index (χ0n) is 24.2. The Labute approximate surface area is 242 Å². The second kappa shape index (κ2) is 13.2. The number of carbonyl (C=O) groups excluding carboxylic acids is 6. The van der Waals surface area contributed by atoms with E-state index in [-0.39, 0.29) is 37.2 Å². The maximum Gasteiger partial charge on any atom is 0.269 e. The number of Topliss-reactive ketones (excluding diaryl/α,β-unsaturated/α-hetero) is 1. The van der Waals surface area contributed by atoms with E-state index in [1.54, 1.807) is 0 Å². The Hall–Kier alpha value is -4.24. The molecular weight excluding hydrogens is 552 g/mol. The van der Waals surface area contributed by atoms with Crippen LogP contribution in [0, 0.1) is 16.0 Å². The van der Waals surface area contributed by atoms with Gasteiger partial charge < -0.3 is 20.4 Å². The number of nitro benzene ring substituents is 1. The minimum Gasteiger partial charge on any atom is -0.343 e. The summed E-state index contributed by atoms with van der Waals surface area (Å²) < 4.78 is 0. The molecule has 0 saturated carbocycles. The standard InChI is InChI=1S/C27H36N6O9/c1-15(2)27(26(39)29-18-8-10-19(11-9-18)33(40)41)21(34)12-13-22(35)32(27)25(38)20-7-6-14-31(20)24(37)17(4)28-23(36)16(3)30-42-5/h8-11,15-17,20,30H,6-7,12-14H2,1-5H3,(H,28,36)(H,29,39)/t16-,17-,20-,27+/m0/s1. The molecular formula is C27H36N6O9. The van der Waals surface area contributed by atoms with Crippen LogP contribution in [-0.2, 0) is 33.6 Å². The smallest absolute Gasteiger partial charge is 0.269 e. The molecule has 0 unspecified atom stereocenters. The van der Waals surface area contributed by atoms with Crippen molar-refractivity contribution in [3.63, 3.8) is 0 Å². The lowest BCUT2D eigenvalue weighted by Crippen LogP contribution is -2.72. The highest BCUT2D eigenvalue weighted by Gasteiger charge is 2.60. The first-order valence-corrected chi connectivity index (χ1v) is 13.6. The third-order valence-corrected chi connectivity index (χ3v) is 7.57. The van der Waals surface area contributed by atoms with E-state index in [9.17, 15) is 38.9 Å². The quantitative estimate of drug-likeness (QED) is 0.151. The number of rotatable bonds is 10. The zero-order valence-corrected chi connectivity index (χ0v) is 24.2. The number of piperidine rings is 1. The molecule has 2 aliphatic heterocycles. The van der Waals surface area contributed by atoms with E-state index >= 15 is 0 Å². The maximum atomic E-state index is 14.1. The lowest BCUT2D eigenvalue weighted by molar-refractivity contribution is -0.384. The molecule has 0 radical (unpaired) electrons. The van der Waals surface area contributed by atoms with E-state index < -0.39 is 69.8 Å². The molecule has 2 heterocycles. The molecule has 228 valence electrons. The molecule has 2 aliphatic rings. The Morgan fingerprint density at radius 2 is 1.69 bits per heavy atom. The Kier molecular flexibility index (Phi) is 10.1. The van der Waals surface area contributed by atoms with Gasteiger partial charge in [-0.3, -0.25) is 43.8 Å². The highest BCUT2D eigenvalue weighted by atomic mass is 16.6. The molecule has 15 nitrogen and oxygen atoms in total. The van der Waals surface area contributed by atoms with Gasteiger partial charge in [0.15, 0.2) is 11.3 Å². The van der Waals surface area contributed by atoms with Gasteiger partial charge in [-0.2, -0.15) is 5.48 Å². The first kappa shape index (κ1) is 32.3. The topological polar surface area (TPSA) is 197 Å². The predicted molar refractivity (Wildman–Crippen MR) is 147 cm³/mol. The zero-order chi connectivity index (χ0) is 31.4. The number of nitro groups is 1. The molecule has 0 aliphatic carbocycles. The van der Waals surface area contributed by atoms with Gasteiger partial charge in [-0.05, 0) is 44.7 Å². The molecule has 5 amide bonds. The molecule has 1 aromatic rings. The minimum absolute atomic E-state index is 0.128. The summed E-state index contributed by atoms with van der Waals surface area (Å²) in [6.45, 7) is 6.24. The molecule has 0 spiro atoms. The normalized spacial score (nSPS) is 22.1. The first-order valence-electron chi connectivity index (χ1n) is 13.6. The number of ketones is 1. The van der Waals surface area contributed by atoms with Crippen molar-refractivity contribution in [1.82, 2.24) is 20.6 Å². The number of carbonyl (C=O) groups is 6. The second-order valence-corrected chi connectivity index (χ2v) is 10.6. The molecule has 3 rings (SSSR count). The second-order valence-electron chi connectivity index (χ2n) is 10.6. The van der Waals surface area contributed by atoms with E-state index in [4.69, 9.17) is 4.84 Å². The van der Waals surface area contributed by atoms with Crippen molar-refractivity contribution in [2.45, 2.75) is 77.0 Å². The largest absolute Gasteiger partial charge is 0.343 e. The van der Waals surface area contributed by atoms with Gasteiger partial charge in [0.1, 0.15) is 18.1 Å². The lowest BCUT2D eigenvalue weighted by atomic mass is 9.74. The number of anilines is 1. The Morgan fingerprint density at radius 3 is 2.26 bits per heavy atom. The number of hydrogen-bond donors (Lipinski definition) is 3. The summed E-state index contributed by atoms with van der Waals surface area (Å²) >= 11 is 0. The van der Waals surface area contributed by atoms with E-state index in [1.165, 1.54) is 64.0 Å². The average molecular weight is 589 g/mol.